The van der Waals surface area contributed by atoms with Gasteiger partial charge in [0.05, 0.1) is 37.1 Å². The Balaban J connectivity index is 1.31. The van der Waals surface area contributed by atoms with Crippen molar-refractivity contribution in [3.8, 4) is 0 Å². The lowest BCUT2D eigenvalue weighted by molar-refractivity contribution is -0.171. The number of fused-ring (bicyclic) bond motifs is 1. The zero-order valence-corrected chi connectivity index (χ0v) is 14.8. The number of epoxide rings is 1. The first-order valence-electron chi connectivity index (χ1n) is 8.93. The van der Waals surface area contributed by atoms with Gasteiger partial charge in [-0.2, -0.15) is 0 Å². The smallest absolute Gasteiger partial charge is 0.417 e. The van der Waals surface area contributed by atoms with Crippen molar-refractivity contribution >= 4 is 11.9 Å². The molecule has 2 saturated heterocycles. The van der Waals surface area contributed by atoms with Crippen LogP contribution in [0.4, 0.5) is 0 Å². The van der Waals surface area contributed by atoms with Crippen LogP contribution in [-0.4, -0.2) is 49.1 Å². The minimum atomic E-state index is -0.900. The van der Waals surface area contributed by atoms with Crippen molar-refractivity contribution in [1.29, 1.82) is 0 Å². The molecular formula is C18H28O6. The molecule has 3 rings (SSSR count). The first-order chi connectivity index (χ1) is 11.3. The monoisotopic (exact) mass is 340 g/mol. The summed E-state index contributed by atoms with van der Waals surface area (Å²) in [6.07, 6.45) is 4.99. The van der Waals surface area contributed by atoms with Crippen LogP contribution in [0.1, 0.15) is 52.9 Å². The van der Waals surface area contributed by atoms with Gasteiger partial charge in [0.15, 0.2) is 0 Å². The van der Waals surface area contributed by atoms with Crippen molar-refractivity contribution < 1.29 is 28.5 Å². The Morgan fingerprint density at radius 2 is 1.62 bits per heavy atom. The molecule has 0 aromatic rings. The summed E-state index contributed by atoms with van der Waals surface area (Å²) in [6.45, 7) is 7.25. The van der Waals surface area contributed by atoms with Crippen LogP contribution in [0.15, 0.2) is 0 Å². The highest BCUT2D eigenvalue weighted by Crippen LogP contribution is 2.49. The minimum absolute atomic E-state index is 0.0517. The second-order valence-corrected chi connectivity index (χ2v) is 8.23. The number of esters is 2. The summed E-state index contributed by atoms with van der Waals surface area (Å²) >= 11 is 0. The molecule has 0 spiro atoms. The van der Waals surface area contributed by atoms with Gasteiger partial charge in [-0.3, -0.25) is 0 Å². The zero-order valence-electron chi connectivity index (χ0n) is 14.8. The van der Waals surface area contributed by atoms with E-state index in [-0.39, 0.29) is 42.4 Å². The van der Waals surface area contributed by atoms with Gasteiger partial charge in [-0.15, -0.1) is 0 Å². The molecular weight excluding hydrogens is 312 g/mol. The van der Waals surface area contributed by atoms with E-state index in [2.05, 4.69) is 6.92 Å². The van der Waals surface area contributed by atoms with Crippen LogP contribution in [-0.2, 0) is 28.5 Å². The predicted molar refractivity (Wildman–Crippen MR) is 85.3 cm³/mol. The number of hydrogen-bond acceptors (Lipinski definition) is 6. The fourth-order valence-electron chi connectivity index (χ4n) is 3.56. The van der Waals surface area contributed by atoms with Crippen LogP contribution in [0.25, 0.3) is 0 Å². The summed E-state index contributed by atoms with van der Waals surface area (Å²) in [5, 5.41) is 0. The average molecular weight is 340 g/mol. The number of ether oxygens (including phenoxy) is 4. The van der Waals surface area contributed by atoms with E-state index in [1.807, 2.05) is 13.8 Å². The van der Waals surface area contributed by atoms with Crippen molar-refractivity contribution in [2.24, 2.45) is 11.8 Å². The number of carbonyl (C=O) groups excluding carboxylic acids is 2. The van der Waals surface area contributed by atoms with Crippen molar-refractivity contribution in [2.45, 2.75) is 70.2 Å². The van der Waals surface area contributed by atoms with Crippen LogP contribution in [0.2, 0.25) is 0 Å². The van der Waals surface area contributed by atoms with Crippen LogP contribution in [0, 0.1) is 11.8 Å². The summed E-state index contributed by atoms with van der Waals surface area (Å²) in [5.74, 6) is -1.37. The molecule has 0 aromatic heterocycles. The van der Waals surface area contributed by atoms with Gasteiger partial charge < -0.3 is 18.9 Å². The highest BCUT2D eigenvalue weighted by molar-refractivity contribution is 6.29. The number of hydrogen-bond donors (Lipinski definition) is 0. The minimum Gasteiger partial charge on any atom is -0.457 e. The summed E-state index contributed by atoms with van der Waals surface area (Å²) in [7, 11) is 0. The van der Waals surface area contributed by atoms with Crippen molar-refractivity contribution in [3.05, 3.63) is 0 Å². The van der Waals surface area contributed by atoms with E-state index >= 15 is 0 Å². The molecule has 2 aliphatic heterocycles. The Bertz CT molecular complexity index is 492. The second kappa shape index (κ2) is 6.64. The molecule has 6 nitrogen and oxygen atoms in total. The van der Waals surface area contributed by atoms with Crippen LogP contribution in [0.5, 0.6) is 0 Å². The maximum Gasteiger partial charge on any atom is 0.417 e. The van der Waals surface area contributed by atoms with Gasteiger partial charge in [0, 0.05) is 5.92 Å². The van der Waals surface area contributed by atoms with Gasteiger partial charge in [-0.1, -0.05) is 0 Å². The zero-order chi connectivity index (χ0) is 17.4. The molecule has 4 atom stereocenters. The van der Waals surface area contributed by atoms with E-state index in [9.17, 15) is 9.59 Å². The van der Waals surface area contributed by atoms with Gasteiger partial charge in [-0.25, -0.2) is 9.59 Å². The molecule has 136 valence electrons. The molecule has 2 heterocycles. The quantitative estimate of drug-likeness (QED) is 0.444. The maximum absolute atomic E-state index is 11.8. The lowest BCUT2D eigenvalue weighted by atomic mass is 9.83. The lowest BCUT2D eigenvalue weighted by Crippen LogP contribution is -2.36. The van der Waals surface area contributed by atoms with E-state index in [4.69, 9.17) is 18.9 Å². The Morgan fingerprint density at radius 1 is 1.00 bits per heavy atom. The van der Waals surface area contributed by atoms with E-state index < -0.39 is 11.9 Å². The lowest BCUT2D eigenvalue weighted by Gasteiger charge is -2.34. The normalized spacial score (nSPS) is 37.2. The van der Waals surface area contributed by atoms with Crippen LogP contribution in [0.3, 0.4) is 0 Å². The predicted octanol–water partition coefficient (Wildman–Crippen LogP) is 2.24. The first-order valence-corrected chi connectivity index (χ1v) is 8.93. The molecule has 4 unspecified atom stereocenters. The number of carbonyl (C=O) groups is 2. The molecule has 1 saturated carbocycles. The molecule has 0 aromatic carbocycles. The van der Waals surface area contributed by atoms with E-state index in [1.54, 1.807) is 0 Å². The summed E-state index contributed by atoms with van der Waals surface area (Å²) in [6, 6.07) is 0. The van der Waals surface area contributed by atoms with E-state index in [0.717, 1.165) is 32.1 Å². The fourth-order valence-corrected chi connectivity index (χ4v) is 3.56. The van der Waals surface area contributed by atoms with Crippen molar-refractivity contribution in [3.63, 3.8) is 0 Å². The first kappa shape index (κ1) is 17.7. The third-order valence-corrected chi connectivity index (χ3v) is 5.56. The maximum atomic E-state index is 11.8. The highest BCUT2D eigenvalue weighted by Gasteiger charge is 2.55. The van der Waals surface area contributed by atoms with Gasteiger partial charge in [0.25, 0.3) is 0 Å². The van der Waals surface area contributed by atoms with Crippen LogP contribution >= 0.6 is 0 Å². The standard InChI is InChI=1S/C18H28O6/c1-17(2)6-4-13(11-23-17)10-22-16(20)15(19)21-9-12-5-7-18(3)14(8-12)24-18/h12-14H,4-11H2,1-3H3. The molecule has 6 heteroatoms. The largest absolute Gasteiger partial charge is 0.457 e. The summed E-state index contributed by atoms with van der Waals surface area (Å²) in [5.41, 5.74) is -0.0587. The van der Waals surface area contributed by atoms with Gasteiger partial charge in [0.1, 0.15) is 0 Å². The summed E-state index contributed by atoms with van der Waals surface area (Å²) < 4.78 is 21.5. The molecule has 3 aliphatic rings. The van der Waals surface area contributed by atoms with Gasteiger partial charge >= 0.3 is 11.9 Å². The Morgan fingerprint density at radius 3 is 2.21 bits per heavy atom. The van der Waals surface area contributed by atoms with Crippen molar-refractivity contribution in [1.82, 2.24) is 0 Å². The third-order valence-electron chi connectivity index (χ3n) is 5.56. The van der Waals surface area contributed by atoms with Crippen LogP contribution < -0.4 is 0 Å². The molecule has 24 heavy (non-hydrogen) atoms. The topological polar surface area (TPSA) is 74.4 Å². The molecule has 0 amide bonds. The van der Waals surface area contributed by atoms with Crippen molar-refractivity contribution in [2.75, 3.05) is 19.8 Å². The SMILES string of the molecule is CC1(C)CCC(COC(=O)C(=O)OCC2CCC3(C)OC3C2)CO1. The molecule has 0 bridgehead atoms. The van der Waals surface area contributed by atoms with E-state index in [1.165, 1.54) is 0 Å². The Hall–Kier alpha value is -1.14. The fraction of sp³-hybridized carbons (Fsp3) is 0.889. The van der Waals surface area contributed by atoms with E-state index in [0.29, 0.717) is 6.61 Å². The Labute approximate surface area is 143 Å². The van der Waals surface area contributed by atoms with Gasteiger partial charge in [0.2, 0.25) is 0 Å². The van der Waals surface area contributed by atoms with Gasteiger partial charge in [-0.05, 0) is 58.8 Å². The highest BCUT2D eigenvalue weighted by atomic mass is 16.6. The Kier molecular flexibility index (Phi) is 4.89. The molecule has 1 aliphatic carbocycles. The average Bonchev–Trinajstić information content (AvgIpc) is 3.21. The molecule has 3 fully saturated rings. The number of rotatable bonds is 4. The third kappa shape index (κ3) is 4.28. The molecule has 0 N–H and O–H groups in total. The second-order valence-electron chi connectivity index (χ2n) is 8.23. The summed E-state index contributed by atoms with van der Waals surface area (Å²) in [4.78, 5) is 23.5. The molecule has 0 radical (unpaired) electrons.